The monoisotopic (exact) mass is 213 g/mol. The molecule has 1 heterocycles. The zero-order chi connectivity index (χ0) is 10.9. The predicted molar refractivity (Wildman–Crippen MR) is 57.4 cm³/mol. The van der Waals surface area contributed by atoms with Crippen LogP contribution in [-0.2, 0) is 18.3 Å². The Kier molecular flexibility index (Phi) is 5.99. The van der Waals surface area contributed by atoms with Crippen LogP contribution < -0.4 is 5.32 Å². The second kappa shape index (κ2) is 7.39. The largest absolute Gasteiger partial charge is 0.394 e. The topological polar surface area (TPSA) is 59.3 Å². The van der Waals surface area contributed by atoms with Gasteiger partial charge in [0.2, 0.25) is 0 Å². The molecule has 0 saturated carbocycles. The summed E-state index contributed by atoms with van der Waals surface area (Å²) in [4.78, 5) is 0. The summed E-state index contributed by atoms with van der Waals surface area (Å²) in [5.74, 6) is 0. The van der Waals surface area contributed by atoms with Crippen molar-refractivity contribution in [3.63, 3.8) is 0 Å². The van der Waals surface area contributed by atoms with Crippen molar-refractivity contribution in [3.05, 3.63) is 18.0 Å². The Hall–Kier alpha value is -0.910. The smallest absolute Gasteiger partial charge is 0.0697 e. The summed E-state index contributed by atoms with van der Waals surface area (Å²) < 4.78 is 6.93. The van der Waals surface area contributed by atoms with Crippen molar-refractivity contribution in [1.29, 1.82) is 0 Å². The third kappa shape index (κ3) is 5.51. The number of ether oxygens (including phenoxy) is 1. The van der Waals surface area contributed by atoms with E-state index in [9.17, 15) is 0 Å². The highest BCUT2D eigenvalue weighted by Gasteiger charge is 1.94. The molecule has 1 aromatic rings. The first-order chi connectivity index (χ1) is 7.33. The molecule has 0 aliphatic carbocycles. The van der Waals surface area contributed by atoms with E-state index in [2.05, 4.69) is 10.4 Å². The molecule has 0 spiro atoms. The lowest BCUT2D eigenvalue weighted by Gasteiger charge is -2.03. The fourth-order valence-electron chi connectivity index (χ4n) is 1.26. The quantitative estimate of drug-likeness (QED) is 0.592. The molecule has 0 unspecified atom stereocenters. The van der Waals surface area contributed by atoms with E-state index in [-0.39, 0.29) is 6.61 Å². The van der Waals surface area contributed by atoms with E-state index in [0.717, 1.165) is 19.5 Å². The van der Waals surface area contributed by atoms with Crippen LogP contribution in [0, 0.1) is 0 Å². The van der Waals surface area contributed by atoms with E-state index < -0.39 is 0 Å². The van der Waals surface area contributed by atoms with Gasteiger partial charge in [0.1, 0.15) is 0 Å². The zero-order valence-electron chi connectivity index (χ0n) is 9.15. The van der Waals surface area contributed by atoms with Crippen LogP contribution in [0.15, 0.2) is 12.4 Å². The molecule has 0 radical (unpaired) electrons. The number of hydrogen-bond donors (Lipinski definition) is 2. The third-order valence-electron chi connectivity index (χ3n) is 1.97. The minimum Gasteiger partial charge on any atom is -0.394 e. The summed E-state index contributed by atoms with van der Waals surface area (Å²) >= 11 is 0. The lowest BCUT2D eigenvalue weighted by molar-refractivity contribution is 0.0907. The summed E-state index contributed by atoms with van der Waals surface area (Å²) in [5.41, 5.74) is 1.19. The van der Waals surface area contributed by atoms with Gasteiger partial charge in [-0.1, -0.05) is 0 Å². The highest BCUT2D eigenvalue weighted by atomic mass is 16.5. The first kappa shape index (κ1) is 12.2. The standard InChI is InChI=1S/C10H19N3O2/c1-13-9-10(8-12-13)7-11-3-2-5-15-6-4-14/h8-9,11,14H,2-7H2,1H3. The number of aliphatic hydroxyl groups excluding tert-OH is 1. The molecule has 0 fully saturated rings. The first-order valence-electron chi connectivity index (χ1n) is 5.20. The average molecular weight is 213 g/mol. The summed E-state index contributed by atoms with van der Waals surface area (Å²) in [5, 5.41) is 15.8. The van der Waals surface area contributed by atoms with Crippen LogP contribution in [0.5, 0.6) is 0 Å². The molecule has 0 amide bonds. The summed E-state index contributed by atoms with van der Waals surface area (Å²) in [6.45, 7) is 2.99. The Balaban J connectivity index is 1.93. The van der Waals surface area contributed by atoms with Gasteiger partial charge in [-0.3, -0.25) is 4.68 Å². The summed E-state index contributed by atoms with van der Waals surface area (Å²) in [6.07, 6.45) is 4.81. The highest BCUT2D eigenvalue weighted by molar-refractivity contribution is 5.02. The maximum absolute atomic E-state index is 8.47. The fraction of sp³-hybridized carbons (Fsp3) is 0.700. The van der Waals surface area contributed by atoms with Crippen molar-refractivity contribution in [1.82, 2.24) is 15.1 Å². The number of aliphatic hydroxyl groups is 1. The molecule has 1 rings (SSSR count). The maximum atomic E-state index is 8.47. The molecule has 1 aromatic heterocycles. The van der Waals surface area contributed by atoms with E-state index in [1.54, 1.807) is 4.68 Å². The first-order valence-corrected chi connectivity index (χ1v) is 5.20. The van der Waals surface area contributed by atoms with Crippen molar-refractivity contribution in [3.8, 4) is 0 Å². The molecule has 0 aliphatic rings. The van der Waals surface area contributed by atoms with Crippen molar-refractivity contribution < 1.29 is 9.84 Å². The number of rotatable bonds is 8. The lowest BCUT2D eigenvalue weighted by atomic mass is 10.3. The van der Waals surface area contributed by atoms with Crippen LogP contribution in [0.4, 0.5) is 0 Å². The molecule has 0 aliphatic heterocycles. The van der Waals surface area contributed by atoms with Crippen molar-refractivity contribution in [2.24, 2.45) is 7.05 Å². The van der Waals surface area contributed by atoms with Crippen LogP contribution in [0.25, 0.3) is 0 Å². The number of nitrogens with one attached hydrogen (secondary N) is 1. The van der Waals surface area contributed by atoms with E-state index in [0.29, 0.717) is 13.2 Å². The van der Waals surface area contributed by atoms with Gasteiger partial charge in [0.25, 0.3) is 0 Å². The lowest BCUT2D eigenvalue weighted by Crippen LogP contribution is -2.16. The van der Waals surface area contributed by atoms with E-state index >= 15 is 0 Å². The maximum Gasteiger partial charge on any atom is 0.0697 e. The molecular formula is C10H19N3O2. The molecule has 0 bridgehead atoms. The van der Waals surface area contributed by atoms with Gasteiger partial charge in [0.05, 0.1) is 19.4 Å². The SMILES string of the molecule is Cn1cc(CNCCCOCCO)cn1. The number of aryl methyl sites for hydroxylation is 1. The van der Waals surface area contributed by atoms with Gasteiger partial charge >= 0.3 is 0 Å². The molecule has 0 saturated heterocycles. The highest BCUT2D eigenvalue weighted by Crippen LogP contribution is 1.94. The van der Waals surface area contributed by atoms with Gasteiger partial charge < -0.3 is 15.2 Å². The van der Waals surface area contributed by atoms with Gasteiger partial charge in [-0.25, -0.2) is 0 Å². The fourth-order valence-corrected chi connectivity index (χ4v) is 1.26. The molecule has 2 N–H and O–H groups in total. The average Bonchev–Trinajstić information content (AvgIpc) is 2.63. The van der Waals surface area contributed by atoms with E-state index in [4.69, 9.17) is 9.84 Å². The second-order valence-corrected chi connectivity index (χ2v) is 3.39. The predicted octanol–water partition coefficient (Wildman–Crippen LogP) is -0.0913. The molecule has 15 heavy (non-hydrogen) atoms. The number of aromatic nitrogens is 2. The molecule has 0 aromatic carbocycles. The van der Waals surface area contributed by atoms with Crippen molar-refractivity contribution >= 4 is 0 Å². The second-order valence-electron chi connectivity index (χ2n) is 3.39. The minimum absolute atomic E-state index is 0.100. The van der Waals surface area contributed by atoms with E-state index in [1.807, 2.05) is 19.4 Å². The van der Waals surface area contributed by atoms with Crippen molar-refractivity contribution in [2.45, 2.75) is 13.0 Å². The van der Waals surface area contributed by atoms with Crippen LogP contribution >= 0.6 is 0 Å². The Labute approximate surface area is 90.1 Å². The van der Waals surface area contributed by atoms with Gasteiger partial charge in [-0.15, -0.1) is 0 Å². The van der Waals surface area contributed by atoms with Crippen LogP contribution in [-0.4, -0.2) is 41.3 Å². The minimum atomic E-state index is 0.100. The van der Waals surface area contributed by atoms with Crippen LogP contribution in [0.3, 0.4) is 0 Å². The normalized spacial score (nSPS) is 10.8. The number of hydrogen-bond acceptors (Lipinski definition) is 4. The summed E-state index contributed by atoms with van der Waals surface area (Å²) in [7, 11) is 1.91. The Bertz CT molecular complexity index is 263. The van der Waals surface area contributed by atoms with Gasteiger partial charge in [-0.2, -0.15) is 5.10 Å². The molecule has 5 nitrogen and oxygen atoms in total. The van der Waals surface area contributed by atoms with Crippen LogP contribution in [0.2, 0.25) is 0 Å². The van der Waals surface area contributed by atoms with Gasteiger partial charge in [0, 0.05) is 32.0 Å². The van der Waals surface area contributed by atoms with Crippen molar-refractivity contribution in [2.75, 3.05) is 26.4 Å². The number of nitrogens with zero attached hydrogens (tertiary/aromatic N) is 2. The van der Waals surface area contributed by atoms with Gasteiger partial charge in [-0.05, 0) is 13.0 Å². The molecule has 0 atom stereocenters. The molecular weight excluding hydrogens is 194 g/mol. The summed E-state index contributed by atoms with van der Waals surface area (Å²) in [6, 6.07) is 0. The molecule has 5 heteroatoms. The Morgan fingerprint density at radius 3 is 3.07 bits per heavy atom. The zero-order valence-corrected chi connectivity index (χ0v) is 9.15. The van der Waals surface area contributed by atoms with Gasteiger partial charge in [0.15, 0.2) is 0 Å². The molecule has 86 valence electrons. The Morgan fingerprint density at radius 1 is 1.53 bits per heavy atom. The third-order valence-corrected chi connectivity index (χ3v) is 1.97. The Morgan fingerprint density at radius 2 is 2.40 bits per heavy atom. The van der Waals surface area contributed by atoms with E-state index in [1.165, 1.54) is 5.56 Å². The van der Waals surface area contributed by atoms with Crippen LogP contribution in [0.1, 0.15) is 12.0 Å².